The third-order valence-corrected chi connectivity index (χ3v) is 0.641. The molecular weight excluding hydrogens is 104 g/mol. The van der Waals surface area contributed by atoms with E-state index in [-0.39, 0.29) is 0 Å². The van der Waals surface area contributed by atoms with Gasteiger partial charge < -0.3 is 10.2 Å². The zero-order valence-corrected chi connectivity index (χ0v) is 4.20. The van der Waals surface area contributed by atoms with E-state index >= 15 is 0 Å². The van der Waals surface area contributed by atoms with E-state index in [1.165, 1.54) is 0 Å². The van der Waals surface area contributed by atoms with Gasteiger partial charge in [0, 0.05) is 0 Å². The van der Waals surface area contributed by atoms with Crippen molar-refractivity contribution in [3.63, 3.8) is 0 Å². The summed E-state index contributed by atoms with van der Waals surface area (Å²) in [5.41, 5.74) is 0. The van der Waals surface area contributed by atoms with Crippen LogP contribution in [0.25, 0.3) is 0 Å². The third kappa shape index (κ3) is 1.66. The van der Waals surface area contributed by atoms with Crippen molar-refractivity contribution < 1.29 is 10.2 Å². The van der Waals surface area contributed by atoms with Crippen LogP contribution in [0.1, 0.15) is 0 Å². The number of rotatable bonds is 1. The lowest BCUT2D eigenvalue weighted by molar-refractivity contribution is 0.0934. The molecule has 0 fully saturated rings. The maximum atomic E-state index is 8.50. The summed E-state index contributed by atoms with van der Waals surface area (Å²) in [7, 11) is 0. The van der Waals surface area contributed by atoms with Crippen LogP contribution in [-0.2, 0) is 0 Å². The van der Waals surface area contributed by atoms with Gasteiger partial charge in [-0.05, 0) is 0 Å². The third-order valence-electron chi connectivity index (χ3n) is 0.641. The fraction of sp³-hybridized carbons (Fsp3) is 0.333. The zero-order chi connectivity index (χ0) is 6.57. The smallest absolute Gasteiger partial charge is 0.151 e. The highest BCUT2D eigenvalue weighted by Gasteiger charge is 2.07. The van der Waals surface area contributed by atoms with Gasteiger partial charge >= 0.3 is 0 Å². The van der Waals surface area contributed by atoms with Crippen LogP contribution >= 0.6 is 0 Å². The highest BCUT2D eigenvalue weighted by molar-refractivity contribution is 5.08. The van der Waals surface area contributed by atoms with E-state index in [9.17, 15) is 0 Å². The van der Waals surface area contributed by atoms with Gasteiger partial charge in [0.15, 0.2) is 12.2 Å². The molecule has 0 rings (SSSR count). The van der Waals surface area contributed by atoms with Crippen molar-refractivity contribution in [2.24, 2.45) is 0 Å². The van der Waals surface area contributed by atoms with Crippen LogP contribution in [0.15, 0.2) is 0 Å². The summed E-state index contributed by atoms with van der Waals surface area (Å²) in [4.78, 5) is 0. The maximum Gasteiger partial charge on any atom is 0.151 e. The van der Waals surface area contributed by atoms with Gasteiger partial charge in [-0.3, -0.25) is 0 Å². The molecular formula is C6H6O2. The highest BCUT2D eigenvalue weighted by Crippen LogP contribution is 1.86. The number of hydrogen-bond donors (Lipinski definition) is 2. The summed E-state index contributed by atoms with van der Waals surface area (Å²) in [6, 6.07) is 0. The number of aliphatic hydroxyl groups is 2. The summed E-state index contributed by atoms with van der Waals surface area (Å²) < 4.78 is 0. The molecule has 0 bridgehead atoms. The van der Waals surface area contributed by atoms with E-state index in [2.05, 4.69) is 0 Å². The summed E-state index contributed by atoms with van der Waals surface area (Å²) in [5, 5.41) is 17.0. The van der Waals surface area contributed by atoms with Gasteiger partial charge in [-0.1, -0.05) is 11.8 Å². The van der Waals surface area contributed by atoms with Crippen LogP contribution in [0.5, 0.6) is 0 Å². The molecule has 2 atom stereocenters. The molecule has 0 amide bonds. The topological polar surface area (TPSA) is 40.5 Å². The number of terminal acetylenes is 2. The molecule has 0 saturated heterocycles. The molecule has 42 valence electrons. The van der Waals surface area contributed by atoms with E-state index in [1.54, 1.807) is 0 Å². The van der Waals surface area contributed by atoms with E-state index in [0.29, 0.717) is 0 Å². The lowest BCUT2D eigenvalue weighted by Crippen LogP contribution is -2.21. The molecule has 0 aromatic heterocycles. The second-order valence-electron chi connectivity index (χ2n) is 1.22. The Balaban J connectivity index is 3.72. The molecule has 0 spiro atoms. The van der Waals surface area contributed by atoms with Gasteiger partial charge in [0.1, 0.15) is 0 Å². The second kappa shape index (κ2) is 3.10. The highest BCUT2D eigenvalue weighted by atomic mass is 16.3. The molecule has 2 nitrogen and oxygen atoms in total. The summed E-state index contributed by atoms with van der Waals surface area (Å²) >= 11 is 0. The molecule has 0 aliphatic rings. The summed E-state index contributed by atoms with van der Waals surface area (Å²) in [6.07, 6.45) is 6.91. The molecule has 0 saturated carbocycles. The lowest BCUT2D eigenvalue weighted by atomic mass is 10.2. The van der Waals surface area contributed by atoms with Gasteiger partial charge in [-0.15, -0.1) is 12.8 Å². The van der Waals surface area contributed by atoms with Crippen molar-refractivity contribution in [1.29, 1.82) is 0 Å². The average Bonchev–Trinajstić information content (AvgIpc) is 1.84. The average molecular weight is 110 g/mol. The Hall–Kier alpha value is -0.960. The summed E-state index contributed by atoms with van der Waals surface area (Å²) in [5.74, 6) is 3.76. The van der Waals surface area contributed by atoms with Crippen LogP contribution in [0.3, 0.4) is 0 Å². The standard InChI is InChI=1S/C6H6O2/c1-3-5(7)6(8)4-2/h1-2,5-8H/t5-,6-/m0/s1. The van der Waals surface area contributed by atoms with Crippen molar-refractivity contribution in [3.05, 3.63) is 0 Å². The zero-order valence-electron chi connectivity index (χ0n) is 4.20. The van der Waals surface area contributed by atoms with Crippen LogP contribution in [0, 0.1) is 24.7 Å². The predicted octanol–water partition coefficient (Wildman–Crippen LogP) is -1.03. The molecule has 0 aromatic rings. The molecule has 0 unspecified atom stereocenters. The van der Waals surface area contributed by atoms with Gasteiger partial charge in [0.25, 0.3) is 0 Å². The van der Waals surface area contributed by atoms with Gasteiger partial charge in [-0.25, -0.2) is 0 Å². The first-order valence-corrected chi connectivity index (χ1v) is 2.00. The maximum absolute atomic E-state index is 8.50. The van der Waals surface area contributed by atoms with Crippen molar-refractivity contribution in [2.75, 3.05) is 0 Å². The Kier molecular flexibility index (Phi) is 2.72. The number of aliphatic hydroxyl groups excluding tert-OH is 2. The van der Waals surface area contributed by atoms with Crippen LogP contribution in [0.2, 0.25) is 0 Å². The predicted molar refractivity (Wildman–Crippen MR) is 29.7 cm³/mol. The fourth-order valence-electron chi connectivity index (χ4n) is 0.182. The normalized spacial score (nSPS) is 15.5. The molecule has 0 aliphatic heterocycles. The van der Waals surface area contributed by atoms with Gasteiger partial charge in [0.05, 0.1) is 0 Å². The second-order valence-corrected chi connectivity index (χ2v) is 1.22. The van der Waals surface area contributed by atoms with E-state index in [1.807, 2.05) is 11.8 Å². The van der Waals surface area contributed by atoms with E-state index < -0.39 is 12.2 Å². The monoisotopic (exact) mass is 110 g/mol. The minimum Gasteiger partial charge on any atom is -0.377 e. The van der Waals surface area contributed by atoms with Crippen molar-refractivity contribution >= 4 is 0 Å². The molecule has 2 N–H and O–H groups in total. The first kappa shape index (κ1) is 7.04. The van der Waals surface area contributed by atoms with E-state index in [0.717, 1.165) is 0 Å². The number of hydrogen-bond acceptors (Lipinski definition) is 2. The Bertz CT molecular complexity index is 120. The Labute approximate surface area is 48.2 Å². The SMILES string of the molecule is C#C[C@H](O)[C@@H](O)C#C. The molecule has 0 aliphatic carbocycles. The Morgan fingerprint density at radius 1 is 1.00 bits per heavy atom. The molecule has 0 heterocycles. The minimum absolute atomic E-state index is 1.24. The largest absolute Gasteiger partial charge is 0.377 e. The lowest BCUT2D eigenvalue weighted by Gasteiger charge is -2.02. The van der Waals surface area contributed by atoms with Crippen LogP contribution in [-0.4, -0.2) is 22.4 Å². The Morgan fingerprint density at radius 2 is 1.25 bits per heavy atom. The molecule has 0 radical (unpaired) electrons. The van der Waals surface area contributed by atoms with Crippen LogP contribution in [0.4, 0.5) is 0 Å². The Morgan fingerprint density at radius 3 is 1.38 bits per heavy atom. The van der Waals surface area contributed by atoms with Crippen LogP contribution < -0.4 is 0 Å². The first-order chi connectivity index (χ1) is 3.72. The first-order valence-electron chi connectivity index (χ1n) is 2.00. The molecule has 8 heavy (non-hydrogen) atoms. The van der Waals surface area contributed by atoms with Crippen molar-refractivity contribution in [3.8, 4) is 24.7 Å². The quantitative estimate of drug-likeness (QED) is 0.424. The minimum atomic E-state index is -1.24. The molecule has 2 heteroatoms. The van der Waals surface area contributed by atoms with E-state index in [4.69, 9.17) is 23.1 Å². The van der Waals surface area contributed by atoms with Gasteiger partial charge in [-0.2, -0.15) is 0 Å². The van der Waals surface area contributed by atoms with Gasteiger partial charge in [0.2, 0.25) is 0 Å². The van der Waals surface area contributed by atoms with Crippen molar-refractivity contribution in [2.45, 2.75) is 12.2 Å². The summed E-state index contributed by atoms with van der Waals surface area (Å²) in [6.45, 7) is 0. The molecule has 0 aromatic carbocycles. The fourth-order valence-corrected chi connectivity index (χ4v) is 0.182. The van der Waals surface area contributed by atoms with Crippen molar-refractivity contribution in [1.82, 2.24) is 0 Å².